The lowest BCUT2D eigenvalue weighted by Crippen LogP contribution is -2.18. The van der Waals surface area contributed by atoms with Crippen molar-refractivity contribution in [3.8, 4) is 0 Å². The summed E-state index contributed by atoms with van der Waals surface area (Å²) >= 11 is 7.07. The number of allylic oxidation sites excluding steroid dienone is 1. The van der Waals surface area contributed by atoms with E-state index in [9.17, 15) is 24.1 Å². The molecule has 0 spiro atoms. The second kappa shape index (κ2) is 11.4. The molecule has 2 amide bonds. The number of nitro groups is 1. The standard InChI is InChI=1S/C21H18ClFN6O4S/c1-2-9-28-18(11-19(30)24-14-5-3-13(23)4-6-14)26-27-21(28)34-12-20(31)25-17-10-15(29(32)33)7-8-16(17)22/h2-8,10H,1,9,11-12H2,(H,24,30)(H,25,31). The Morgan fingerprint density at radius 1 is 1.18 bits per heavy atom. The minimum absolute atomic E-state index is 0.0872. The highest BCUT2D eigenvalue weighted by atomic mass is 35.5. The number of carbonyl (C=O) groups excluding carboxylic acids is 2. The van der Waals surface area contributed by atoms with E-state index in [4.69, 9.17) is 11.6 Å². The minimum atomic E-state index is -0.591. The van der Waals surface area contributed by atoms with Crippen LogP contribution in [0, 0.1) is 15.9 Å². The topological polar surface area (TPSA) is 132 Å². The zero-order chi connectivity index (χ0) is 24.7. The van der Waals surface area contributed by atoms with E-state index in [0.29, 0.717) is 23.2 Å². The largest absolute Gasteiger partial charge is 0.326 e. The van der Waals surface area contributed by atoms with Gasteiger partial charge in [-0.15, -0.1) is 16.8 Å². The number of non-ortho nitro benzene ring substituents is 1. The van der Waals surface area contributed by atoms with Crippen LogP contribution in [-0.2, 0) is 22.6 Å². The highest BCUT2D eigenvalue weighted by Crippen LogP contribution is 2.27. The number of thioether (sulfide) groups is 1. The number of aromatic nitrogens is 3. The van der Waals surface area contributed by atoms with Crippen LogP contribution >= 0.6 is 23.4 Å². The van der Waals surface area contributed by atoms with Crippen LogP contribution in [0.1, 0.15) is 5.82 Å². The number of nitrogens with zero attached hydrogens (tertiary/aromatic N) is 4. The van der Waals surface area contributed by atoms with E-state index in [-0.39, 0.29) is 34.5 Å². The quantitative estimate of drug-likeness (QED) is 0.184. The van der Waals surface area contributed by atoms with Gasteiger partial charge in [-0.1, -0.05) is 29.4 Å². The monoisotopic (exact) mass is 504 g/mol. The Balaban J connectivity index is 1.64. The molecular weight excluding hydrogens is 487 g/mol. The number of rotatable bonds is 10. The summed E-state index contributed by atoms with van der Waals surface area (Å²) in [5.41, 5.74) is 0.348. The third-order valence-corrected chi connectivity index (χ3v) is 5.62. The summed E-state index contributed by atoms with van der Waals surface area (Å²) in [6, 6.07) is 9.07. The maximum atomic E-state index is 13.0. The number of benzene rings is 2. The van der Waals surface area contributed by atoms with Gasteiger partial charge in [0.25, 0.3) is 5.69 Å². The Kier molecular flexibility index (Phi) is 8.33. The van der Waals surface area contributed by atoms with Gasteiger partial charge in [-0.3, -0.25) is 19.7 Å². The molecule has 0 aliphatic rings. The molecule has 0 radical (unpaired) electrons. The van der Waals surface area contributed by atoms with Gasteiger partial charge >= 0.3 is 0 Å². The summed E-state index contributed by atoms with van der Waals surface area (Å²) in [6.07, 6.45) is 1.49. The van der Waals surface area contributed by atoms with Crippen molar-refractivity contribution in [2.75, 3.05) is 16.4 Å². The van der Waals surface area contributed by atoms with E-state index in [0.717, 1.165) is 11.8 Å². The lowest BCUT2D eigenvalue weighted by molar-refractivity contribution is -0.384. The van der Waals surface area contributed by atoms with E-state index in [1.165, 1.54) is 42.5 Å². The number of halogens is 2. The van der Waals surface area contributed by atoms with E-state index in [1.54, 1.807) is 10.6 Å². The first-order valence-corrected chi connectivity index (χ1v) is 11.1. The molecule has 0 aliphatic carbocycles. The third kappa shape index (κ3) is 6.62. The predicted octanol–water partition coefficient (Wildman–Crippen LogP) is 4.08. The Labute approximate surface area is 202 Å². The number of amides is 2. The lowest BCUT2D eigenvalue weighted by atomic mass is 10.3. The van der Waals surface area contributed by atoms with Crippen LogP contribution in [0.25, 0.3) is 0 Å². The molecule has 0 atom stereocenters. The summed E-state index contributed by atoms with van der Waals surface area (Å²) < 4.78 is 14.7. The van der Waals surface area contributed by atoms with Gasteiger partial charge in [0.15, 0.2) is 5.16 Å². The first-order chi connectivity index (χ1) is 16.3. The van der Waals surface area contributed by atoms with Crippen molar-refractivity contribution < 1.29 is 18.9 Å². The lowest BCUT2D eigenvalue weighted by Gasteiger charge is -2.09. The zero-order valence-electron chi connectivity index (χ0n) is 17.5. The molecule has 2 aromatic carbocycles. The second-order valence-electron chi connectivity index (χ2n) is 6.79. The summed E-state index contributed by atoms with van der Waals surface area (Å²) in [7, 11) is 0. The second-order valence-corrected chi connectivity index (χ2v) is 8.14. The average molecular weight is 505 g/mol. The average Bonchev–Trinajstić information content (AvgIpc) is 3.16. The summed E-state index contributed by atoms with van der Waals surface area (Å²) in [6.45, 7) is 3.98. The van der Waals surface area contributed by atoms with E-state index < -0.39 is 16.6 Å². The van der Waals surface area contributed by atoms with Gasteiger partial charge in [0.2, 0.25) is 11.8 Å². The van der Waals surface area contributed by atoms with Crippen molar-refractivity contribution >= 4 is 52.2 Å². The van der Waals surface area contributed by atoms with Crippen LogP contribution in [0.4, 0.5) is 21.5 Å². The van der Waals surface area contributed by atoms with Crippen molar-refractivity contribution in [2.24, 2.45) is 0 Å². The molecule has 10 nitrogen and oxygen atoms in total. The number of carbonyl (C=O) groups is 2. The number of nitro benzene ring substituents is 1. The molecule has 13 heteroatoms. The normalized spacial score (nSPS) is 10.5. The van der Waals surface area contributed by atoms with E-state index >= 15 is 0 Å². The first-order valence-electron chi connectivity index (χ1n) is 9.71. The van der Waals surface area contributed by atoms with Crippen LogP contribution in [-0.4, -0.2) is 37.3 Å². The maximum Gasteiger partial charge on any atom is 0.271 e. The molecule has 0 unspecified atom stereocenters. The van der Waals surface area contributed by atoms with Crippen LogP contribution in [0.3, 0.4) is 0 Å². The highest BCUT2D eigenvalue weighted by Gasteiger charge is 2.17. The fraction of sp³-hybridized carbons (Fsp3) is 0.143. The third-order valence-electron chi connectivity index (χ3n) is 4.32. The van der Waals surface area contributed by atoms with E-state index in [1.807, 2.05) is 0 Å². The van der Waals surface area contributed by atoms with Crippen molar-refractivity contribution in [3.63, 3.8) is 0 Å². The molecule has 0 bridgehead atoms. The molecule has 0 aliphatic heterocycles. The van der Waals surface area contributed by atoms with E-state index in [2.05, 4.69) is 27.4 Å². The summed E-state index contributed by atoms with van der Waals surface area (Å²) in [4.78, 5) is 35.1. The molecule has 1 aromatic heterocycles. The maximum absolute atomic E-state index is 13.0. The molecule has 3 aromatic rings. The van der Waals surface area contributed by atoms with Crippen molar-refractivity contribution in [1.29, 1.82) is 0 Å². The fourth-order valence-corrected chi connectivity index (χ4v) is 3.72. The van der Waals surface area contributed by atoms with Crippen molar-refractivity contribution in [3.05, 3.63) is 81.9 Å². The molecule has 1 heterocycles. The van der Waals surface area contributed by atoms with Gasteiger partial charge in [0, 0.05) is 24.4 Å². The SMILES string of the molecule is C=CCn1c(CC(=O)Nc2ccc(F)cc2)nnc1SCC(=O)Nc1cc([N+](=O)[O-])ccc1Cl. The molecule has 0 saturated heterocycles. The predicted molar refractivity (Wildman–Crippen MR) is 126 cm³/mol. The Bertz CT molecular complexity index is 1230. The van der Waals surface area contributed by atoms with Gasteiger partial charge < -0.3 is 15.2 Å². The van der Waals surface area contributed by atoms with Crippen LogP contribution < -0.4 is 10.6 Å². The fourth-order valence-electron chi connectivity index (χ4n) is 2.79. The molecular formula is C21H18ClFN6O4S. The summed E-state index contributed by atoms with van der Waals surface area (Å²) in [5, 5.41) is 24.7. The Morgan fingerprint density at radius 3 is 2.59 bits per heavy atom. The molecule has 0 fully saturated rings. The van der Waals surface area contributed by atoms with Gasteiger partial charge in [0.1, 0.15) is 11.6 Å². The smallest absolute Gasteiger partial charge is 0.271 e. The molecule has 3 rings (SSSR count). The Hall–Kier alpha value is -3.77. The van der Waals surface area contributed by atoms with Gasteiger partial charge in [-0.2, -0.15) is 0 Å². The number of hydrogen-bond acceptors (Lipinski definition) is 7. The minimum Gasteiger partial charge on any atom is -0.326 e. The van der Waals surface area contributed by atoms with Gasteiger partial charge in [0.05, 0.1) is 27.8 Å². The van der Waals surface area contributed by atoms with Crippen LogP contribution in [0.2, 0.25) is 5.02 Å². The van der Waals surface area contributed by atoms with Gasteiger partial charge in [-0.05, 0) is 30.3 Å². The van der Waals surface area contributed by atoms with Gasteiger partial charge in [-0.25, -0.2) is 4.39 Å². The molecule has 0 saturated carbocycles. The number of nitrogens with one attached hydrogen (secondary N) is 2. The first kappa shape index (κ1) is 24.9. The Morgan fingerprint density at radius 2 is 1.91 bits per heavy atom. The van der Waals surface area contributed by atoms with Crippen LogP contribution in [0.15, 0.2) is 60.3 Å². The van der Waals surface area contributed by atoms with Crippen LogP contribution in [0.5, 0.6) is 0 Å². The molecule has 34 heavy (non-hydrogen) atoms. The number of anilines is 2. The van der Waals surface area contributed by atoms with Crippen molar-refractivity contribution in [2.45, 2.75) is 18.1 Å². The zero-order valence-corrected chi connectivity index (χ0v) is 19.1. The van der Waals surface area contributed by atoms with Crippen molar-refractivity contribution in [1.82, 2.24) is 14.8 Å². The highest BCUT2D eigenvalue weighted by molar-refractivity contribution is 7.99. The molecule has 2 N–H and O–H groups in total. The number of hydrogen-bond donors (Lipinski definition) is 2. The molecule has 176 valence electrons. The summed E-state index contributed by atoms with van der Waals surface area (Å²) in [5.74, 6) is -0.989.